The van der Waals surface area contributed by atoms with Gasteiger partial charge in [-0.2, -0.15) is 0 Å². The highest BCUT2D eigenvalue weighted by molar-refractivity contribution is 5.82. The third-order valence-electron chi connectivity index (χ3n) is 4.06. The van der Waals surface area contributed by atoms with E-state index in [-0.39, 0.29) is 12.4 Å². The topological polar surface area (TPSA) is 51.7 Å². The number of nitrogens with zero attached hydrogens (tertiary/aromatic N) is 2. The van der Waals surface area contributed by atoms with Gasteiger partial charge < -0.3 is 9.47 Å². The van der Waals surface area contributed by atoms with Crippen LogP contribution in [0.1, 0.15) is 31.9 Å². The third-order valence-corrected chi connectivity index (χ3v) is 4.06. The van der Waals surface area contributed by atoms with Gasteiger partial charge in [0.15, 0.2) is 5.72 Å². The molecule has 0 radical (unpaired) electrons. The number of carbonyl (C=O) groups is 1. The molecule has 0 atom stereocenters. The number of benzene rings is 1. The molecule has 1 aliphatic heterocycles. The van der Waals surface area contributed by atoms with E-state index in [1.54, 1.807) is 13.1 Å². The fraction of sp³-hybridized carbons (Fsp3) is 0.300. The Bertz CT molecular complexity index is 797. The lowest BCUT2D eigenvalue weighted by molar-refractivity contribution is -0.142. The number of hydrogen-bond acceptors (Lipinski definition) is 5. The number of hydrogen-bond donors (Lipinski definition) is 0. The van der Waals surface area contributed by atoms with Gasteiger partial charge in [-0.05, 0) is 44.5 Å². The van der Waals surface area contributed by atoms with Gasteiger partial charge in [-0.3, -0.25) is 9.69 Å². The monoisotopic (exact) mass is 338 g/mol. The van der Waals surface area contributed by atoms with Crippen LogP contribution in [-0.2, 0) is 16.0 Å². The first kappa shape index (κ1) is 17.0. The molecule has 0 N–H and O–H groups in total. The second kappa shape index (κ2) is 6.59. The fourth-order valence-corrected chi connectivity index (χ4v) is 3.00. The first-order chi connectivity index (χ1) is 11.9. The van der Waals surface area contributed by atoms with Crippen LogP contribution in [0.25, 0.3) is 5.70 Å². The smallest absolute Gasteiger partial charge is 0.310 e. The molecule has 0 aliphatic carbocycles. The van der Waals surface area contributed by atoms with Crippen LogP contribution in [0.15, 0.2) is 49.2 Å². The molecule has 5 nitrogen and oxygen atoms in total. The molecule has 0 saturated carbocycles. The Hall–Kier alpha value is -2.82. The summed E-state index contributed by atoms with van der Waals surface area (Å²) < 4.78 is 11.1. The molecular formula is C20H22N2O3. The molecule has 1 aromatic heterocycles. The van der Waals surface area contributed by atoms with E-state index in [1.165, 1.54) is 0 Å². The summed E-state index contributed by atoms with van der Waals surface area (Å²) in [6, 6.07) is 11.6. The number of para-hydroxylation sites is 1. The zero-order valence-corrected chi connectivity index (χ0v) is 14.8. The molecule has 0 spiro atoms. The number of ether oxygens (including phenoxy) is 2. The van der Waals surface area contributed by atoms with Crippen molar-refractivity contribution in [2.24, 2.45) is 0 Å². The molecule has 2 aromatic rings. The summed E-state index contributed by atoms with van der Waals surface area (Å²) in [6.45, 7) is 10.4. The van der Waals surface area contributed by atoms with E-state index in [0.29, 0.717) is 6.61 Å². The molecule has 130 valence electrons. The first-order valence-electron chi connectivity index (χ1n) is 8.30. The first-order valence-corrected chi connectivity index (χ1v) is 8.30. The summed E-state index contributed by atoms with van der Waals surface area (Å²) in [5.41, 5.74) is 1.96. The van der Waals surface area contributed by atoms with Crippen LogP contribution in [0.3, 0.4) is 0 Å². The number of rotatable bonds is 4. The Labute approximate surface area is 147 Å². The van der Waals surface area contributed by atoms with E-state index in [9.17, 15) is 4.79 Å². The minimum Gasteiger partial charge on any atom is -0.467 e. The molecule has 1 aliphatic rings. The van der Waals surface area contributed by atoms with Gasteiger partial charge in [0.1, 0.15) is 11.6 Å². The van der Waals surface area contributed by atoms with E-state index in [1.807, 2.05) is 55.1 Å². The largest absolute Gasteiger partial charge is 0.467 e. The Morgan fingerprint density at radius 2 is 2.04 bits per heavy atom. The van der Waals surface area contributed by atoms with Crippen LogP contribution in [-0.4, -0.2) is 23.3 Å². The maximum absolute atomic E-state index is 11.6. The SMILES string of the molecule is C=C1c2ccccc2OC(C)(C)N1c1ccc(CC(=O)OCC)cn1. The molecule has 25 heavy (non-hydrogen) atoms. The number of fused-ring (bicyclic) bond motifs is 1. The molecule has 5 heteroatoms. The number of carbonyl (C=O) groups excluding carboxylic acids is 1. The normalized spacial score (nSPS) is 15.3. The molecule has 0 unspecified atom stereocenters. The van der Waals surface area contributed by atoms with E-state index >= 15 is 0 Å². The van der Waals surface area contributed by atoms with Crippen LogP contribution in [0.2, 0.25) is 0 Å². The van der Waals surface area contributed by atoms with Gasteiger partial charge in [-0.15, -0.1) is 0 Å². The zero-order chi connectivity index (χ0) is 18.0. The van der Waals surface area contributed by atoms with Crippen LogP contribution in [0.4, 0.5) is 5.82 Å². The van der Waals surface area contributed by atoms with Crippen molar-refractivity contribution in [3.8, 4) is 5.75 Å². The summed E-state index contributed by atoms with van der Waals surface area (Å²) in [6.07, 6.45) is 1.90. The van der Waals surface area contributed by atoms with Gasteiger partial charge in [0, 0.05) is 11.8 Å². The van der Waals surface area contributed by atoms with Crippen molar-refractivity contribution in [2.75, 3.05) is 11.5 Å². The standard InChI is InChI=1S/C20H22N2O3/c1-5-24-19(23)12-15-10-11-18(21-13-15)22-14(2)16-8-6-7-9-17(16)25-20(22,3)4/h6-11,13H,2,5,12H2,1,3-4H3. The summed E-state index contributed by atoms with van der Waals surface area (Å²) >= 11 is 0. The molecular weight excluding hydrogens is 316 g/mol. The highest BCUT2D eigenvalue weighted by atomic mass is 16.5. The van der Waals surface area contributed by atoms with Gasteiger partial charge in [-0.25, -0.2) is 4.98 Å². The Morgan fingerprint density at radius 1 is 1.28 bits per heavy atom. The summed E-state index contributed by atoms with van der Waals surface area (Å²) in [5.74, 6) is 1.28. The molecule has 3 rings (SSSR count). The minimum absolute atomic E-state index is 0.213. The minimum atomic E-state index is -0.624. The van der Waals surface area contributed by atoms with Gasteiger partial charge >= 0.3 is 5.97 Å². The number of esters is 1. The van der Waals surface area contributed by atoms with Gasteiger partial charge in [0.05, 0.1) is 18.7 Å². The zero-order valence-electron chi connectivity index (χ0n) is 14.8. The van der Waals surface area contributed by atoms with E-state index in [0.717, 1.165) is 28.4 Å². The molecule has 0 saturated heterocycles. The molecule has 0 amide bonds. The lowest BCUT2D eigenvalue weighted by Gasteiger charge is -2.44. The average molecular weight is 338 g/mol. The van der Waals surface area contributed by atoms with E-state index in [4.69, 9.17) is 9.47 Å². The third kappa shape index (κ3) is 3.36. The summed E-state index contributed by atoms with van der Waals surface area (Å²) in [7, 11) is 0. The van der Waals surface area contributed by atoms with Crippen molar-refractivity contribution in [3.05, 3.63) is 60.3 Å². The molecule has 0 bridgehead atoms. The second-order valence-corrected chi connectivity index (χ2v) is 6.33. The highest BCUT2D eigenvalue weighted by Crippen LogP contribution is 2.41. The van der Waals surface area contributed by atoms with Crippen molar-refractivity contribution in [2.45, 2.75) is 32.9 Å². The lowest BCUT2D eigenvalue weighted by Crippen LogP contribution is -2.50. The van der Waals surface area contributed by atoms with Gasteiger partial charge in [0.2, 0.25) is 0 Å². The molecule has 2 heterocycles. The Balaban J connectivity index is 1.88. The van der Waals surface area contributed by atoms with E-state index < -0.39 is 5.72 Å². The van der Waals surface area contributed by atoms with Crippen LogP contribution >= 0.6 is 0 Å². The second-order valence-electron chi connectivity index (χ2n) is 6.33. The molecule has 1 aromatic carbocycles. The van der Waals surface area contributed by atoms with Crippen molar-refractivity contribution in [1.82, 2.24) is 4.98 Å². The predicted octanol–water partition coefficient (Wildman–Crippen LogP) is 3.79. The van der Waals surface area contributed by atoms with Crippen LogP contribution < -0.4 is 9.64 Å². The predicted molar refractivity (Wildman–Crippen MR) is 97.2 cm³/mol. The number of pyridine rings is 1. The van der Waals surface area contributed by atoms with Crippen molar-refractivity contribution >= 4 is 17.5 Å². The van der Waals surface area contributed by atoms with Crippen molar-refractivity contribution in [1.29, 1.82) is 0 Å². The van der Waals surface area contributed by atoms with Crippen molar-refractivity contribution < 1.29 is 14.3 Å². The van der Waals surface area contributed by atoms with Gasteiger partial charge in [0.25, 0.3) is 0 Å². The number of aromatic nitrogens is 1. The van der Waals surface area contributed by atoms with Crippen LogP contribution in [0, 0.1) is 0 Å². The maximum Gasteiger partial charge on any atom is 0.310 e. The Kier molecular flexibility index (Phi) is 4.49. The van der Waals surface area contributed by atoms with Gasteiger partial charge in [-0.1, -0.05) is 24.8 Å². The summed E-state index contributed by atoms with van der Waals surface area (Å²) in [4.78, 5) is 18.1. The lowest BCUT2D eigenvalue weighted by atomic mass is 10.0. The quantitative estimate of drug-likeness (QED) is 0.794. The average Bonchev–Trinajstić information content (AvgIpc) is 2.56. The Morgan fingerprint density at radius 3 is 2.72 bits per heavy atom. The van der Waals surface area contributed by atoms with Crippen molar-refractivity contribution in [3.63, 3.8) is 0 Å². The summed E-state index contributed by atoms with van der Waals surface area (Å²) in [5, 5.41) is 0. The van der Waals surface area contributed by atoms with E-state index in [2.05, 4.69) is 11.6 Å². The highest BCUT2D eigenvalue weighted by Gasteiger charge is 2.37. The number of anilines is 1. The maximum atomic E-state index is 11.6. The molecule has 0 fully saturated rings. The fourth-order valence-electron chi connectivity index (χ4n) is 3.00. The van der Waals surface area contributed by atoms with Crippen LogP contribution in [0.5, 0.6) is 5.75 Å².